The Morgan fingerprint density at radius 1 is 0.971 bits per heavy atom. The lowest BCUT2D eigenvalue weighted by Crippen LogP contribution is -2.57. The minimum absolute atomic E-state index is 0.0589. The van der Waals surface area contributed by atoms with Crippen LogP contribution in [0.3, 0.4) is 0 Å². The van der Waals surface area contributed by atoms with Crippen LogP contribution < -0.4 is 10.1 Å². The van der Waals surface area contributed by atoms with Crippen molar-refractivity contribution in [1.29, 1.82) is 0 Å². The van der Waals surface area contributed by atoms with Crippen LogP contribution in [0.25, 0.3) is 16.8 Å². The first kappa shape index (κ1) is 22.3. The van der Waals surface area contributed by atoms with Gasteiger partial charge in [-0.25, -0.2) is 4.79 Å². The van der Waals surface area contributed by atoms with Gasteiger partial charge < -0.3 is 4.74 Å². The molecule has 172 valence electrons. The van der Waals surface area contributed by atoms with Crippen LogP contribution in [0.4, 0.5) is 4.79 Å². The van der Waals surface area contributed by atoms with Gasteiger partial charge >= 0.3 is 6.03 Å². The summed E-state index contributed by atoms with van der Waals surface area (Å²) in [6.07, 6.45) is 5.01. The Labute approximate surface area is 205 Å². The van der Waals surface area contributed by atoms with Gasteiger partial charge in [-0.3, -0.25) is 19.8 Å². The normalized spacial score (nSPS) is 18.1. The van der Waals surface area contributed by atoms with E-state index in [9.17, 15) is 14.4 Å². The fraction of sp³-hybridized carbons (Fsp3) is 0.222. The summed E-state index contributed by atoms with van der Waals surface area (Å²) >= 11 is 3.43. The summed E-state index contributed by atoms with van der Waals surface area (Å²) in [6, 6.07) is 18.5. The van der Waals surface area contributed by atoms with Crippen molar-refractivity contribution in [3.63, 3.8) is 0 Å². The van der Waals surface area contributed by atoms with Crippen LogP contribution >= 0.6 is 15.9 Å². The molecule has 6 nitrogen and oxygen atoms in total. The summed E-state index contributed by atoms with van der Waals surface area (Å²) in [4.78, 5) is 39.8. The van der Waals surface area contributed by atoms with Gasteiger partial charge in [0.05, 0.1) is 0 Å². The van der Waals surface area contributed by atoms with Crippen LogP contribution in [0.2, 0.25) is 0 Å². The minimum Gasteiger partial charge on any atom is -0.488 e. The van der Waals surface area contributed by atoms with Crippen LogP contribution in [-0.4, -0.2) is 28.8 Å². The van der Waals surface area contributed by atoms with Crippen molar-refractivity contribution in [2.45, 2.75) is 38.3 Å². The zero-order chi connectivity index (χ0) is 23.7. The Morgan fingerprint density at radius 3 is 2.47 bits per heavy atom. The molecule has 0 atom stereocenters. The number of ether oxygens (including phenoxy) is 1. The molecule has 1 saturated carbocycles. The van der Waals surface area contributed by atoms with E-state index in [2.05, 4.69) is 21.2 Å². The third-order valence-corrected chi connectivity index (χ3v) is 6.88. The second-order valence-corrected chi connectivity index (χ2v) is 9.46. The number of carbonyl (C=O) groups is 3. The predicted molar refractivity (Wildman–Crippen MR) is 133 cm³/mol. The summed E-state index contributed by atoms with van der Waals surface area (Å²) in [7, 11) is 0. The molecule has 34 heavy (non-hydrogen) atoms. The summed E-state index contributed by atoms with van der Waals surface area (Å²) in [6.45, 7) is 0.328. The second kappa shape index (κ2) is 9.43. The molecule has 1 saturated heterocycles. The molecular weight excluding hydrogens is 496 g/mol. The highest BCUT2D eigenvalue weighted by molar-refractivity contribution is 9.10. The van der Waals surface area contributed by atoms with Gasteiger partial charge in [-0.1, -0.05) is 71.2 Å². The molecule has 4 amide bonds. The number of hydrogen-bond acceptors (Lipinski definition) is 4. The molecule has 1 aliphatic heterocycles. The largest absolute Gasteiger partial charge is 0.488 e. The van der Waals surface area contributed by atoms with Crippen molar-refractivity contribution in [1.82, 2.24) is 10.2 Å². The van der Waals surface area contributed by atoms with E-state index in [1.54, 1.807) is 6.08 Å². The molecule has 2 aliphatic rings. The molecule has 0 unspecified atom stereocenters. The van der Waals surface area contributed by atoms with Gasteiger partial charge in [-0.15, -0.1) is 0 Å². The van der Waals surface area contributed by atoms with Gasteiger partial charge in [-0.05, 0) is 53.5 Å². The number of carbonyl (C=O) groups excluding carboxylic acids is 3. The smallest absolute Gasteiger partial charge is 0.331 e. The van der Waals surface area contributed by atoms with Crippen LogP contribution in [0, 0.1) is 0 Å². The van der Waals surface area contributed by atoms with Gasteiger partial charge in [-0.2, -0.15) is 0 Å². The van der Waals surface area contributed by atoms with E-state index in [0.717, 1.165) is 46.5 Å². The van der Waals surface area contributed by atoms with E-state index in [0.29, 0.717) is 17.9 Å². The number of nitrogens with zero attached hydrogens (tertiary/aromatic N) is 1. The average Bonchev–Trinajstić information content (AvgIpc) is 3.36. The van der Waals surface area contributed by atoms with Crippen molar-refractivity contribution >= 4 is 50.6 Å². The number of amides is 4. The first-order valence-electron chi connectivity index (χ1n) is 11.3. The van der Waals surface area contributed by atoms with E-state index in [4.69, 9.17) is 4.74 Å². The van der Waals surface area contributed by atoms with Crippen molar-refractivity contribution in [3.8, 4) is 5.75 Å². The number of barbiturate groups is 1. The number of halogens is 1. The fourth-order valence-electron chi connectivity index (χ4n) is 4.60. The van der Waals surface area contributed by atoms with E-state index in [1.165, 1.54) is 4.90 Å². The summed E-state index contributed by atoms with van der Waals surface area (Å²) in [5, 5.41) is 4.16. The van der Waals surface area contributed by atoms with E-state index in [-0.39, 0.29) is 11.6 Å². The fourth-order valence-corrected chi connectivity index (χ4v) is 4.87. The molecule has 3 aromatic rings. The molecule has 0 radical (unpaired) electrons. The average molecular weight is 519 g/mol. The zero-order valence-corrected chi connectivity index (χ0v) is 20.0. The first-order valence-corrected chi connectivity index (χ1v) is 12.1. The summed E-state index contributed by atoms with van der Waals surface area (Å²) in [5.41, 5.74) is 1.56. The van der Waals surface area contributed by atoms with E-state index < -0.39 is 17.8 Å². The Balaban J connectivity index is 1.55. The van der Waals surface area contributed by atoms with Gasteiger partial charge in [0.15, 0.2) is 0 Å². The Hall–Kier alpha value is -3.45. The molecule has 0 bridgehead atoms. The van der Waals surface area contributed by atoms with Gasteiger partial charge in [0.25, 0.3) is 11.8 Å². The van der Waals surface area contributed by atoms with Crippen LogP contribution in [-0.2, 0) is 16.2 Å². The number of hydrogen-bond donors (Lipinski definition) is 1. The molecule has 0 spiro atoms. The van der Waals surface area contributed by atoms with Crippen molar-refractivity contribution in [3.05, 3.63) is 81.8 Å². The number of benzene rings is 3. The third-order valence-electron chi connectivity index (χ3n) is 6.35. The lowest BCUT2D eigenvalue weighted by molar-refractivity contribution is -0.131. The Kier molecular flexibility index (Phi) is 6.20. The molecule has 7 heteroatoms. The monoisotopic (exact) mass is 518 g/mol. The molecular formula is C27H23BrN2O4. The van der Waals surface area contributed by atoms with Crippen LogP contribution in [0.15, 0.2) is 70.7 Å². The molecule has 5 rings (SSSR count). The number of rotatable bonds is 5. The first-order chi connectivity index (χ1) is 16.5. The van der Waals surface area contributed by atoms with Crippen LogP contribution in [0.5, 0.6) is 5.75 Å². The maximum Gasteiger partial charge on any atom is 0.331 e. The van der Waals surface area contributed by atoms with Gasteiger partial charge in [0.1, 0.15) is 17.9 Å². The Morgan fingerprint density at radius 2 is 1.71 bits per heavy atom. The lowest BCUT2D eigenvalue weighted by atomic mass is 9.99. The van der Waals surface area contributed by atoms with Crippen LogP contribution in [0.1, 0.15) is 36.8 Å². The number of nitrogens with one attached hydrogen (secondary N) is 1. The van der Waals surface area contributed by atoms with Gasteiger partial charge in [0, 0.05) is 16.1 Å². The highest BCUT2D eigenvalue weighted by atomic mass is 79.9. The summed E-state index contributed by atoms with van der Waals surface area (Å²) in [5.74, 6) is -0.678. The molecule has 1 heterocycles. The summed E-state index contributed by atoms with van der Waals surface area (Å²) < 4.78 is 7.13. The third kappa shape index (κ3) is 4.35. The number of imide groups is 2. The quantitative estimate of drug-likeness (QED) is 0.353. The van der Waals surface area contributed by atoms with E-state index in [1.807, 2.05) is 60.7 Å². The predicted octanol–water partition coefficient (Wildman–Crippen LogP) is 5.59. The molecule has 0 aromatic heterocycles. The van der Waals surface area contributed by atoms with E-state index >= 15 is 0 Å². The van der Waals surface area contributed by atoms with Gasteiger partial charge in [0.2, 0.25) is 0 Å². The highest BCUT2D eigenvalue weighted by Gasteiger charge is 2.40. The number of fused-ring (bicyclic) bond motifs is 1. The molecule has 1 aliphatic carbocycles. The molecule has 3 aromatic carbocycles. The molecule has 1 N–H and O–H groups in total. The maximum atomic E-state index is 13.3. The standard InChI is InChI=1S/C27H23BrN2O4/c28-19-12-9-17(10-13-19)16-34-24-14-11-18-5-1-4-8-21(18)22(24)15-23-25(31)29-27(33)30(26(23)32)20-6-2-3-7-20/h1,4-5,8-15,20H,2-3,6-7,16H2,(H,29,31,33)/b23-15+. The topological polar surface area (TPSA) is 75.7 Å². The Bertz CT molecular complexity index is 1310. The van der Waals surface area contributed by atoms with Crippen molar-refractivity contribution < 1.29 is 19.1 Å². The lowest BCUT2D eigenvalue weighted by Gasteiger charge is -2.31. The van der Waals surface area contributed by atoms with Crippen molar-refractivity contribution in [2.24, 2.45) is 0 Å². The maximum absolute atomic E-state index is 13.3. The SMILES string of the molecule is O=C1NC(=O)N(C2CCCC2)C(=O)/C1=C/c1c(OCc2ccc(Br)cc2)ccc2ccccc12. The minimum atomic E-state index is -0.684. The number of urea groups is 1. The van der Waals surface area contributed by atoms with Crippen molar-refractivity contribution in [2.75, 3.05) is 0 Å². The second-order valence-electron chi connectivity index (χ2n) is 8.54. The molecule has 2 fully saturated rings. The zero-order valence-electron chi connectivity index (χ0n) is 18.4. The highest BCUT2D eigenvalue weighted by Crippen LogP contribution is 2.33.